The molecular weight excluding hydrogens is 230 g/mol. The summed E-state index contributed by atoms with van der Waals surface area (Å²) in [6, 6.07) is 3.87. The number of aromatic nitrogens is 4. The second kappa shape index (κ2) is 5.14. The number of rotatable bonds is 4. The molecule has 0 aliphatic heterocycles. The van der Waals surface area contributed by atoms with Crippen molar-refractivity contribution in [2.75, 3.05) is 19.5 Å². The van der Waals surface area contributed by atoms with E-state index in [1.807, 2.05) is 33.0 Å². The molecule has 0 saturated carbocycles. The van der Waals surface area contributed by atoms with Crippen LogP contribution in [0.15, 0.2) is 12.1 Å². The summed E-state index contributed by atoms with van der Waals surface area (Å²) in [6.45, 7) is 4.33. The second-order valence-corrected chi connectivity index (χ2v) is 4.05. The Bertz CT molecular complexity index is 549. The number of anilines is 1. The number of hydrogen-bond donors (Lipinski definition) is 1. The van der Waals surface area contributed by atoms with E-state index in [2.05, 4.69) is 20.4 Å². The fourth-order valence-electron chi connectivity index (χ4n) is 1.77. The maximum absolute atomic E-state index is 5.07. The molecule has 0 spiro atoms. The van der Waals surface area contributed by atoms with E-state index < -0.39 is 0 Å². The number of nitrogens with zero attached hydrogens (tertiary/aromatic N) is 4. The van der Waals surface area contributed by atoms with Gasteiger partial charge in [0, 0.05) is 25.9 Å². The van der Waals surface area contributed by atoms with Crippen molar-refractivity contribution < 1.29 is 4.74 Å². The predicted molar refractivity (Wildman–Crippen MR) is 68.9 cm³/mol. The van der Waals surface area contributed by atoms with Gasteiger partial charge in [-0.05, 0) is 19.9 Å². The highest BCUT2D eigenvalue weighted by Crippen LogP contribution is 2.14. The van der Waals surface area contributed by atoms with Crippen LogP contribution in [0.5, 0.6) is 0 Å². The van der Waals surface area contributed by atoms with Crippen molar-refractivity contribution in [1.29, 1.82) is 0 Å². The lowest BCUT2D eigenvalue weighted by molar-refractivity contribution is 0.178. The number of hydrogen-bond acceptors (Lipinski definition) is 5. The first-order valence-electron chi connectivity index (χ1n) is 5.72. The summed E-state index contributed by atoms with van der Waals surface area (Å²) in [7, 11) is 3.45. The summed E-state index contributed by atoms with van der Waals surface area (Å²) in [5.74, 6) is 2.12. The molecule has 0 atom stereocenters. The van der Waals surface area contributed by atoms with Crippen LogP contribution in [-0.2, 0) is 11.3 Å². The Morgan fingerprint density at radius 1 is 1.28 bits per heavy atom. The van der Waals surface area contributed by atoms with Crippen LogP contribution in [-0.4, -0.2) is 33.9 Å². The molecule has 2 heterocycles. The second-order valence-electron chi connectivity index (χ2n) is 4.05. The van der Waals surface area contributed by atoms with E-state index in [1.54, 1.807) is 11.8 Å². The van der Waals surface area contributed by atoms with Crippen LogP contribution < -0.4 is 5.32 Å². The molecule has 6 nitrogen and oxygen atoms in total. The summed E-state index contributed by atoms with van der Waals surface area (Å²) in [4.78, 5) is 8.76. The first kappa shape index (κ1) is 12.5. The first-order chi connectivity index (χ1) is 8.63. The quantitative estimate of drug-likeness (QED) is 0.886. The van der Waals surface area contributed by atoms with Gasteiger partial charge in [-0.1, -0.05) is 0 Å². The normalized spacial score (nSPS) is 10.7. The molecular formula is C12H17N5O. The number of aryl methyl sites for hydroxylation is 2. The fourth-order valence-corrected chi connectivity index (χ4v) is 1.77. The standard InChI is InChI=1S/C12H17N5O/c1-8-5-9(2)17(16-8)12-6-10(13-3)14-11(15-12)7-18-4/h5-6H,7H2,1-4H3,(H,13,14,15). The smallest absolute Gasteiger partial charge is 0.159 e. The van der Waals surface area contributed by atoms with Crippen molar-refractivity contribution in [3.8, 4) is 5.82 Å². The van der Waals surface area contributed by atoms with Crippen molar-refractivity contribution in [3.05, 3.63) is 29.3 Å². The number of nitrogens with one attached hydrogen (secondary N) is 1. The van der Waals surface area contributed by atoms with E-state index in [9.17, 15) is 0 Å². The van der Waals surface area contributed by atoms with Gasteiger partial charge in [-0.25, -0.2) is 14.6 Å². The third-order valence-corrected chi connectivity index (χ3v) is 2.52. The van der Waals surface area contributed by atoms with Crippen molar-refractivity contribution in [3.63, 3.8) is 0 Å². The lowest BCUT2D eigenvalue weighted by Gasteiger charge is -2.08. The Balaban J connectivity index is 2.49. The summed E-state index contributed by atoms with van der Waals surface area (Å²) >= 11 is 0. The van der Waals surface area contributed by atoms with Gasteiger partial charge in [0.05, 0.1) is 5.69 Å². The van der Waals surface area contributed by atoms with Crippen LogP contribution in [0, 0.1) is 13.8 Å². The average Bonchev–Trinajstić information content (AvgIpc) is 2.68. The molecule has 0 aliphatic carbocycles. The fraction of sp³-hybridized carbons (Fsp3) is 0.417. The lowest BCUT2D eigenvalue weighted by atomic mass is 10.4. The van der Waals surface area contributed by atoms with Crippen LogP contribution >= 0.6 is 0 Å². The topological polar surface area (TPSA) is 64.9 Å². The molecule has 6 heteroatoms. The molecule has 0 unspecified atom stereocenters. The van der Waals surface area contributed by atoms with E-state index >= 15 is 0 Å². The minimum atomic E-state index is 0.377. The highest BCUT2D eigenvalue weighted by atomic mass is 16.5. The molecule has 2 aromatic heterocycles. The third-order valence-electron chi connectivity index (χ3n) is 2.52. The molecule has 1 N–H and O–H groups in total. The van der Waals surface area contributed by atoms with Crippen LogP contribution in [0.2, 0.25) is 0 Å². The van der Waals surface area contributed by atoms with E-state index in [4.69, 9.17) is 4.74 Å². The minimum Gasteiger partial charge on any atom is -0.377 e. The van der Waals surface area contributed by atoms with E-state index in [1.165, 1.54) is 0 Å². The Kier molecular flexibility index (Phi) is 3.57. The molecule has 0 fully saturated rings. The van der Waals surface area contributed by atoms with Gasteiger partial charge in [-0.2, -0.15) is 5.10 Å². The van der Waals surface area contributed by atoms with Gasteiger partial charge in [0.25, 0.3) is 0 Å². The van der Waals surface area contributed by atoms with Gasteiger partial charge in [0.1, 0.15) is 12.4 Å². The number of ether oxygens (including phenoxy) is 1. The zero-order valence-electron chi connectivity index (χ0n) is 11.1. The molecule has 0 aliphatic rings. The number of methoxy groups -OCH3 is 1. The van der Waals surface area contributed by atoms with Crippen LogP contribution in [0.4, 0.5) is 5.82 Å². The predicted octanol–water partition coefficient (Wildman–Crippen LogP) is 1.47. The summed E-state index contributed by atoms with van der Waals surface area (Å²) in [5.41, 5.74) is 2.00. The first-order valence-corrected chi connectivity index (χ1v) is 5.72. The van der Waals surface area contributed by atoms with Gasteiger partial charge in [0.2, 0.25) is 0 Å². The summed E-state index contributed by atoms with van der Waals surface area (Å²) in [6.07, 6.45) is 0. The Morgan fingerprint density at radius 3 is 2.61 bits per heavy atom. The molecule has 2 rings (SSSR count). The summed E-state index contributed by atoms with van der Waals surface area (Å²) < 4.78 is 6.87. The van der Waals surface area contributed by atoms with Gasteiger partial charge in [-0.15, -0.1) is 0 Å². The molecule has 18 heavy (non-hydrogen) atoms. The maximum Gasteiger partial charge on any atom is 0.159 e. The molecule has 0 radical (unpaired) electrons. The van der Waals surface area contributed by atoms with Gasteiger partial charge in [-0.3, -0.25) is 0 Å². The van der Waals surface area contributed by atoms with Crippen molar-refractivity contribution in [2.45, 2.75) is 20.5 Å². The minimum absolute atomic E-state index is 0.377. The van der Waals surface area contributed by atoms with E-state index in [0.29, 0.717) is 12.4 Å². The van der Waals surface area contributed by atoms with Gasteiger partial charge >= 0.3 is 0 Å². The van der Waals surface area contributed by atoms with Crippen LogP contribution in [0.3, 0.4) is 0 Å². The lowest BCUT2D eigenvalue weighted by Crippen LogP contribution is -2.08. The Hall–Kier alpha value is -1.95. The molecule has 0 bridgehead atoms. The van der Waals surface area contributed by atoms with Crippen molar-refractivity contribution in [1.82, 2.24) is 19.7 Å². The zero-order valence-corrected chi connectivity index (χ0v) is 11.1. The molecule has 0 aromatic carbocycles. The van der Waals surface area contributed by atoms with Gasteiger partial charge < -0.3 is 10.1 Å². The highest BCUT2D eigenvalue weighted by molar-refractivity contribution is 5.41. The van der Waals surface area contributed by atoms with Crippen LogP contribution in [0.25, 0.3) is 5.82 Å². The molecule has 2 aromatic rings. The van der Waals surface area contributed by atoms with Gasteiger partial charge in [0.15, 0.2) is 11.6 Å². The summed E-state index contributed by atoms with van der Waals surface area (Å²) in [5, 5.41) is 7.43. The average molecular weight is 247 g/mol. The Morgan fingerprint density at radius 2 is 2.06 bits per heavy atom. The SMILES string of the molecule is CNc1cc(-n2nc(C)cc2C)nc(COC)n1. The zero-order chi connectivity index (χ0) is 13.1. The van der Waals surface area contributed by atoms with E-state index in [0.717, 1.165) is 23.0 Å². The molecule has 0 amide bonds. The van der Waals surface area contributed by atoms with Crippen molar-refractivity contribution in [2.24, 2.45) is 0 Å². The Labute approximate surface area is 106 Å². The highest BCUT2D eigenvalue weighted by Gasteiger charge is 2.09. The van der Waals surface area contributed by atoms with Crippen molar-refractivity contribution >= 4 is 5.82 Å². The maximum atomic E-state index is 5.07. The largest absolute Gasteiger partial charge is 0.377 e. The third kappa shape index (κ3) is 2.48. The molecule has 0 saturated heterocycles. The monoisotopic (exact) mass is 247 g/mol. The molecule has 96 valence electrons. The van der Waals surface area contributed by atoms with Crippen LogP contribution in [0.1, 0.15) is 17.2 Å². The van der Waals surface area contributed by atoms with E-state index in [-0.39, 0.29) is 0 Å².